The van der Waals surface area contributed by atoms with Crippen LogP contribution in [0.4, 0.5) is 0 Å². The Bertz CT molecular complexity index is 416. The Hall–Kier alpha value is -1.55. The maximum Gasteiger partial charge on any atom is 0.251 e. The summed E-state index contributed by atoms with van der Waals surface area (Å²) in [6.07, 6.45) is 0.529. The van der Waals surface area contributed by atoms with Crippen LogP contribution < -0.4 is 5.32 Å². The molecular formula is C14H21NO3. The van der Waals surface area contributed by atoms with Gasteiger partial charge in [0.15, 0.2) is 0 Å². The Labute approximate surface area is 108 Å². The van der Waals surface area contributed by atoms with E-state index < -0.39 is 0 Å². The zero-order valence-corrected chi connectivity index (χ0v) is 11.1. The lowest BCUT2D eigenvalue weighted by atomic mass is 10.00. The number of phenolic OH excluding ortho intramolecular Hbond substituents is 1. The van der Waals surface area contributed by atoms with Crippen molar-refractivity contribution in [3.8, 4) is 5.75 Å². The van der Waals surface area contributed by atoms with Gasteiger partial charge in [0.25, 0.3) is 5.91 Å². The first kappa shape index (κ1) is 14.5. The standard InChI is InChI=1S/C14H21NO3/c1-9(2)12(7-8-16)15-14(18)11-5-4-6-13(17)10(11)3/h4-6,9,12,16-17H,7-8H2,1-3H3,(H,15,18). The molecule has 3 N–H and O–H groups in total. The lowest BCUT2D eigenvalue weighted by molar-refractivity contribution is 0.0915. The van der Waals surface area contributed by atoms with E-state index in [1.54, 1.807) is 25.1 Å². The highest BCUT2D eigenvalue weighted by Crippen LogP contribution is 2.20. The smallest absolute Gasteiger partial charge is 0.251 e. The minimum atomic E-state index is -0.212. The number of hydrogen-bond acceptors (Lipinski definition) is 3. The monoisotopic (exact) mass is 251 g/mol. The van der Waals surface area contributed by atoms with Crippen LogP contribution in [0.5, 0.6) is 5.75 Å². The molecule has 1 rings (SSSR count). The topological polar surface area (TPSA) is 69.6 Å². The summed E-state index contributed by atoms with van der Waals surface area (Å²) in [6, 6.07) is 4.82. The summed E-state index contributed by atoms with van der Waals surface area (Å²) in [5.74, 6) is 0.153. The van der Waals surface area contributed by atoms with E-state index >= 15 is 0 Å². The molecule has 0 saturated heterocycles. The van der Waals surface area contributed by atoms with Gasteiger partial charge in [0.2, 0.25) is 0 Å². The number of carbonyl (C=O) groups excluding carboxylic acids is 1. The Morgan fingerprint density at radius 3 is 2.61 bits per heavy atom. The van der Waals surface area contributed by atoms with Crippen LogP contribution in [0.25, 0.3) is 0 Å². The molecule has 4 heteroatoms. The number of rotatable bonds is 5. The molecule has 0 fully saturated rings. The Morgan fingerprint density at radius 1 is 1.39 bits per heavy atom. The number of amides is 1. The second-order valence-corrected chi connectivity index (χ2v) is 4.79. The van der Waals surface area contributed by atoms with Crippen molar-refractivity contribution in [1.82, 2.24) is 5.32 Å². The minimum absolute atomic E-state index is 0.0438. The number of aromatic hydroxyl groups is 1. The van der Waals surface area contributed by atoms with Gasteiger partial charge in [0.1, 0.15) is 5.75 Å². The summed E-state index contributed by atoms with van der Waals surface area (Å²) < 4.78 is 0. The average molecular weight is 251 g/mol. The van der Waals surface area contributed by atoms with E-state index in [1.807, 2.05) is 13.8 Å². The van der Waals surface area contributed by atoms with Crippen LogP contribution in [0.1, 0.15) is 36.2 Å². The summed E-state index contributed by atoms with van der Waals surface area (Å²) in [7, 11) is 0. The molecule has 1 atom stereocenters. The number of hydrogen-bond donors (Lipinski definition) is 3. The van der Waals surface area contributed by atoms with E-state index in [2.05, 4.69) is 5.32 Å². The highest BCUT2D eigenvalue weighted by atomic mass is 16.3. The second kappa shape index (κ2) is 6.40. The first-order valence-corrected chi connectivity index (χ1v) is 6.17. The Morgan fingerprint density at radius 2 is 2.06 bits per heavy atom. The number of aliphatic hydroxyl groups is 1. The third-order valence-electron chi connectivity index (χ3n) is 3.11. The third kappa shape index (κ3) is 3.47. The fourth-order valence-electron chi connectivity index (χ4n) is 1.83. The number of nitrogens with one attached hydrogen (secondary N) is 1. The third-order valence-corrected chi connectivity index (χ3v) is 3.11. The molecule has 0 aliphatic carbocycles. The molecule has 0 aromatic heterocycles. The average Bonchev–Trinajstić information content (AvgIpc) is 2.31. The maximum atomic E-state index is 12.1. The number of aliphatic hydroxyl groups excluding tert-OH is 1. The van der Waals surface area contributed by atoms with E-state index in [-0.39, 0.29) is 30.2 Å². The molecule has 0 saturated carbocycles. The lowest BCUT2D eigenvalue weighted by Crippen LogP contribution is -2.39. The fraction of sp³-hybridized carbons (Fsp3) is 0.500. The summed E-state index contributed by atoms with van der Waals surface area (Å²) >= 11 is 0. The molecule has 4 nitrogen and oxygen atoms in total. The molecule has 0 radical (unpaired) electrons. The van der Waals surface area contributed by atoms with Crippen molar-refractivity contribution < 1.29 is 15.0 Å². The summed E-state index contributed by atoms with van der Waals surface area (Å²) in [4.78, 5) is 12.1. The molecule has 0 heterocycles. The van der Waals surface area contributed by atoms with E-state index in [4.69, 9.17) is 5.11 Å². The fourth-order valence-corrected chi connectivity index (χ4v) is 1.83. The van der Waals surface area contributed by atoms with Crippen LogP contribution in [-0.2, 0) is 0 Å². The summed E-state index contributed by atoms with van der Waals surface area (Å²) in [5, 5.41) is 21.4. The van der Waals surface area contributed by atoms with Gasteiger partial charge in [0.05, 0.1) is 0 Å². The first-order valence-electron chi connectivity index (χ1n) is 6.17. The van der Waals surface area contributed by atoms with Crippen LogP contribution in [0.2, 0.25) is 0 Å². The minimum Gasteiger partial charge on any atom is -0.508 e. The molecule has 1 aromatic rings. The normalized spacial score (nSPS) is 12.5. The van der Waals surface area contributed by atoms with Gasteiger partial charge in [-0.05, 0) is 31.4 Å². The molecule has 1 amide bonds. The van der Waals surface area contributed by atoms with Crippen molar-refractivity contribution in [2.75, 3.05) is 6.61 Å². The van der Waals surface area contributed by atoms with Crippen LogP contribution in [0.3, 0.4) is 0 Å². The highest BCUT2D eigenvalue weighted by molar-refractivity contribution is 5.96. The predicted octanol–water partition coefficient (Wildman–Crippen LogP) is 1.84. The molecular weight excluding hydrogens is 230 g/mol. The van der Waals surface area contributed by atoms with Gasteiger partial charge in [-0.25, -0.2) is 0 Å². The SMILES string of the molecule is Cc1c(O)cccc1C(=O)NC(CCO)C(C)C. The quantitative estimate of drug-likeness (QED) is 0.748. The summed E-state index contributed by atoms with van der Waals surface area (Å²) in [5.41, 5.74) is 1.04. The van der Waals surface area contributed by atoms with Gasteiger partial charge >= 0.3 is 0 Å². The maximum absolute atomic E-state index is 12.1. The number of carbonyl (C=O) groups is 1. The Kier molecular flexibility index (Phi) is 5.16. The molecule has 0 spiro atoms. The molecule has 18 heavy (non-hydrogen) atoms. The highest BCUT2D eigenvalue weighted by Gasteiger charge is 2.18. The Balaban J connectivity index is 2.84. The predicted molar refractivity (Wildman–Crippen MR) is 70.6 cm³/mol. The summed E-state index contributed by atoms with van der Waals surface area (Å²) in [6.45, 7) is 5.74. The van der Waals surface area contributed by atoms with Gasteiger partial charge in [-0.3, -0.25) is 4.79 Å². The van der Waals surface area contributed by atoms with E-state index in [1.165, 1.54) is 0 Å². The molecule has 0 aliphatic rings. The van der Waals surface area contributed by atoms with Crippen LogP contribution >= 0.6 is 0 Å². The largest absolute Gasteiger partial charge is 0.508 e. The van der Waals surface area contributed by atoms with E-state index in [0.717, 1.165) is 0 Å². The van der Waals surface area contributed by atoms with Gasteiger partial charge in [0, 0.05) is 23.8 Å². The molecule has 0 bridgehead atoms. The number of phenols is 1. The van der Waals surface area contributed by atoms with Gasteiger partial charge in [-0.1, -0.05) is 19.9 Å². The van der Waals surface area contributed by atoms with Crippen molar-refractivity contribution in [3.05, 3.63) is 29.3 Å². The number of benzene rings is 1. The van der Waals surface area contributed by atoms with Crippen molar-refractivity contribution in [3.63, 3.8) is 0 Å². The molecule has 1 unspecified atom stereocenters. The zero-order valence-electron chi connectivity index (χ0n) is 11.1. The molecule has 1 aromatic carbocycles. The molecule has 0 aliphatic heterocycles. The van der Waals surface area contributed by atoms with Gasteiger partial charge in [-0.15, -0.1) is 0 Å². The molecule has 100 valence electrons. The van der Waals surface area contributed by atoms with Crippen molar-refractivity contribution in [2.24, 2.45) is 5.92 Å². The zero-order chi connectivity index (χ0) is 13.7. The lowest BCUT2D eigenvalue weighted by Gasteiger charge is -2.22. The van der Waals surface area contributed by atoms with Crippen molar-refractivity contribution in [2.45, 2.75) is 33.2 Å². The van der Waals surface area contributed by atoms with E-state index in [0.29, 0.717) is 17.5 Å². The first-order chi connectivity index (χ1) is 8.47. The second-order valence-electron chi connectivity index (χ2n) is 4.79. The van der Waals surface area contributed by atoms with Crippen molar-refractivity contribution in [1.29, 1.82) is 0 Å². The van der Waals surface area contributed by atoms with Crippen molar-refractivity contribution >= 4 is 5.91 Å². The van der Waals surface area contributed by atoms with E-state index in [9.17, 15) is 9.90 Å². The van der Waals surface area contributed by atoms with Crippen LogP contribution in [0.15, 0.2) is 18.2 Å². The van der Waals surface area contributed by atoms with Gasteiger partial charge < -0.3 is 15.5 Å². The van der Waals surface area contributed by atoms with Crippen LogP contribution in [-0.4, -0.2) is 28.8 Å². The van der Waals surface area contributed by atoms with Gasteiger partial charge in [-0.2, -0.15) is 0 Å². The van der Waals surface area contributed by atoms with Crippen LogP contribution in [0, 0.1) is 12.8 Å².